The van der Waals surface area contributed by atoms with Gasteiger partial charge in [-0.1, -0.05) is 19.8 Å². The fraction of sp³-hybridized carbons (Fsp3) is 1.00. The van der Waals surface area contributed by atoms with Crippen LogP contribution in [0.25, 0.3) is 0 Å². The molecule has 98 valence electrons. The first-order valence-electron chi connectivity index (χ1n) is 5.91. The molecule has 1 N–H and O–H groups in total. The van der Waals surface area contributed by atoms with E-state index < -0.39 is 12.7 Å². The zero-order valence-corrected chi connectivity index (χ0v) is 10.2. The van der Waals surface area contributed by atoms with Crippen LogP contribution in [-0.4, -0.2) is 44.3 Å². The molecule has 0 aromatic rings. The van der Waals surface area contributed by atoms with Crippen LogP contribution in [0.3, 0.4) is 0 Å². The Labute approximate surface area is 96.2 Å². The van der Waals surface area contributed by atoms with Crippen LogP contribution in [0.4, 0.5) is 13.2 Å². The first kappa shape index (κ1) is 15.7. The summed E-state index contributed by atoms with van der Waals surface area (Å²) < 4.78 is 35.9. The van der Waals surface area contributed by atoms with E-state index in [0.717, 1.165) is 38.8 Å². The van der Waals surface area contributed by atoms with Crippen molar-refractivity contribution in [2.75, 3.05) is 33.2 Å². The molecule has 0 saturated carbocycles. The second kappa shape index (κ2) is 8.82. The summed E-state index contributed by atoms with van der Waals surface area (Å²) in [6.07, 6.45) is -0.0181. The topological polar surface area (TPSA) is 15.3 Å². The van der Waals surface area contributed by atoms with Crippen molar-refractivity contribution in [2.24, 2.45) is 0 Å². The van der Waals surface area contributed by atoms with E-state index in [1.54, 1.807) is 0 Å². The van der Waals surface area contributed by atoms with Crippen molar-refractivity contribution < 1.29 is 13.2 Å². The van der Waals surface area contributed by atoms with Crippen LogP contribution in [0.15, 0.2) is 0 Å². The van der Waals surface area contributed by atoms with Crippen molar-refractivity contribution in [2.45, 2.75) is 38.8 Å². The number of hydrogen-bond acceptors (Lipinski definition) is 2. The minimum absolute atomic E-state index is 0.528. The summed E-state index contributed by atoms with van der Waals surface area (Å²) in [5.41, 5.74) is 0. The average molecular weight is 240 g/mol. The van der Waals surface area contributed by atoms with Gasteiger partial charge in [-0.05, 0) is 39.5 Å². The Morgan fingerprint density at radius 2 is 1.69 bits per heavy atom. The highest BCUT2D eigenvalue weighted by atomic mass is 19.4. The van der Waals surface area contributed by atoms with Gasteiger partial charge in [0.1, 0.15) is 0 Å². The van der Waals surface area contributed by atoms with Gasteiger partial charge in [0.15, 0.2) is 0 Å². The summed E-state index contributed by atoms with van der Waals surface area (Å²) >= 11 is 0. The van der Waals surface area contributed by atoms with Gasteiger partial charge in [-0.2, -0.15) is 13.2 Å². The van der Waals surface area contributed by atoms with Gasteiger partial charge < -0.3 is 5.32 Å². The van der Waals surface area contributed by atoms with E-state index in [1.807, 2.05) is 0 Å². The van der Waals surface area contributed by atoms with Crippen molar-refractivity contribution in [1.29, 1.82) is 0 Å². The highest BCUT2D eigenvalue weighted by Gasteiger charge is 2.28. The Morgan fingerprint density at radius 3 is 2.25 bits per heavy atom. The minimum Gasteiger partial charge on any atom is -0.317 e. The molecule has 16 heavy (non-hydrogen) atoms. The molecule has 0 aliphatic heterocycles. The fourth-order valence-corrected chi connectivity index (χ4v) is 1.55. The smallest absolute Gasteiger partial charge is 0.317 e. The highest BCUT2D eigenvalue weighted by molar-refractivity contribution is 4.59. The van der Waals surface area contributed by atoms with E-state index in [2.05, 4.69) is 12.2 Å². The van der Waals surface area contributed by atoms with Crippen LogP contribution < -0.4 is 5.32 Å². The Kier molecular flexibility index (Phi) is 8.66. The molecular weight excluding hydrogens is 217 g/mol. The lowest BCUT2D eigenvalue weighted by atomic mass is 10.2. The molecule has 0 atom stereocenters. The zero-order chi connectivity index (χ0) is 12.4. The van der Waals surface area contributed by atoms with Gasteiger partial charge in [0.25, 0.3) is 0 Å². The van der Waals surface area contributed by atoms with Gasteiger partial charge in [-0.25, -0.2) is 0 Å². The van der Waals surface area contributed by atoms with Crippen LogP contribution >= 0.6 is 0 Å². The molecule has 0 unspecified atom stereocenters. The third-order valence-corrected chi connectivity index (χ3v) is 2.34. The van der Waals surface area contributed by atoms with Crippen LogP contribution in [0.5, 0.6) is 0 Å². The molecule has 0 aromatic carbocycles. The molecule has 0 spiro atoms. The molecule has 5 heteroatoms. The van der Waals surface area contributed by atoms with Crippen LogP contribution in [-0.2, 0) is 0 Å². The predicted molar refractivity (Wildman–Crippen MR) is 60.6 cm³/mol. The molecule has 0 rings (SSSR count). The standard InChI is InChI=1S/C11H23F3N2/c1-3-15-8-6-4-5-7-9-16(2)10-11(12,13)14/h15H,3-10H2,1-2H3. The Balaban J connectivity index is 3.25. The third kappa shape index (κ3) is 11.8. The number of unbranched alkanes of at least 4 members (excludes halogenated alkanes) is 3. The summed E-state index contributed by atoms with van der Waals surface area (Å²) in [4.78, 5) is 1.34. The predicted octanol–water partition coefficient (Wildman–Crippen LogP) is 2.65. The fourth-order valence-electron chi connectivity index (χ4n) is 1.55. The molecule has 2 nitrogen and oxygen atoms in total. The maximum Gasteiger partial charge on any atom is 0.401 e. The van der Waals surface area contributed by atoms with Gasteiger partial charge >= 0.3 is 6.18 Å². The molecule has 0 heterocycles. The number of alkyl halides is 3. The number of rotatable bonds is 9. The van der Waals surface area contributed by atoms with Crippen molar-refractivity contribution in [3.8, 4) is 0 Å². The van der Waals surface area contributed by atoms with Crippen LogP contribution in [0, 0.1) is 0 Å². The Morgan fingerprint density at radius 1 is 1.06 bits per heavy atom. The number of nitrogens with zero attached hydrogens (tertiary/aromatic N) is 1. The van der Waals surface area contributed by atoms with E-state index in [9.17, 15) is 13.2 Å². The Hall–Kier alpha value is -0.290. The van der Waals surface area contributed by atoms with Gasteiger partial charge in [-0.15, -0.1) is 0 Å². The second-order valence-electron chi connectivity index (χ2n) is 4.12. The molecule has 0 aromatic heterocycles. The molecule has 0 aliphatic carbocycles. The van der Waals surface area contributed by atoms with E-state index in [-0.39, 0.29) is 0 Å². The van der Waals surface area contributed by atoms with Gasteiger partial charge in [0, 0.05) is 0 Å². The lowest BCUT2D eigenvalue weighted by molar-refractivity contribution is -0.143. The summed E-state index contributed by atoms with van der Waals surface area (Å²) in [7, 11) is 1.52. The van der Waals surface area contributed by atoms with Crippen molar-refractivity contribution in [3.63, 3.8) is 0 Å². The summed E-state index contributed by atoms with van der Waals surface area (Å²) in [6.45, 7) is 3.78. The lowest BCUT2D eigenvalue weighted by Crippen LogP contribution is -2.31. The van der Waals surface area contributed by atoms with E-state index in [0.29, 0.717) is 6.54 Å². The lowest BCUT2D eigenvalue weighted by Gasteiger charge is -2.18. The minimum atomic E-state index is -4.07. The normalized spacial score (nSPS) is 12.4. The van der Waals surface area contributed by atoms with Crippen LogP contribution in [0.1, 0.15) is 32.6 Å². The molecule has 0 bridgehead atoms. The summed E-state index contributed by atoms with van der Waals surface area (Å²) in [5, 5.41) is 3.22. The largest absolute Gasteiger partial charge is 0.401 e. The molecule has 0 fully saturated rings. The SMILES string of the molecule is CCNCCCCCCN(C)CC(F)(F)F. The van der Waals surface area contributed by atoms with Gasteiger partial charge in [0.05, 0.1) is 6.54 Å². The monoisotopic (exact) mass is 240 g/mol. The average Bonchev–Trinajstić information content (AvgIpc) is 2.13. The van der Waals surface area contributed by atoms with Gasteiger partial charge in [-0.3, -0.25) is 4.90 Å². The number of nitrogens with one attached hydrogen (secondary N) is 1. The van der Waals surface area contributed by atoms with Crippen LogP contribution in [0.2, 0.25) is 0 Å². The summed E-state index contributed by atoms with van der Waals surface area (Å²) in [5.74, 6) is 0. The zero-order valence-electron chi connectivity index (χ0n) is 10.2. The first-order valence-corrected chi connectivity index (χ1v) is 5.91. The number of halogens is 3. The van der Waals surface area contributed by atoms with E-state index in [1.165, 1.54) is 11.9 Å². The third-order valence-electron chi connectivity index (χ3n) is 2.34. The van der Waals surface area contributed by atoms with Crippen molar-refractivity contribution >= 4 is 0 Å². The van der Waals surface area contributed by atoms with Gasteiger partial charge in [0.2, 0.25) is 0 Å². The highest BCUT2D eigenvalue weighted by Crippen LogP contribution is 2.15. The summed E-state index contributed by atoms with van der Waals surface area (Å²) in [6, 6.07) is 0. The first-order chi connectivity index (χ1) is 7.45. The Bertz CT molecular complexity index is 160. The number of hydrogen-bond donors (Lipinski definition) is 1. The molecule has 0 radical (unpaired) electrons. The molecule has 0 amide bonds. The van der Waals surface area contributed by atoms with Crippen molar-refractivity contribution in [1.82, 2.24) is 10.2 Å². The maximum absolute atomic E-state index is 12.0. The van der Waals surface area contributed by atoms with E-state index >= 15 is 0 Å². The molecule has 0 saturated heterocycles. The van der Waals surface area contributed by atoms with E-state index in [4.69, 9.17) is 0 Å². The molecular formula is C11H23F3N2. The quantitative estimate of drug-likeness (QED) is 0.623. The maximum atomic E-state index is 12.0. The molecule has 0 aliphatic rings. The van der Waals surface area contributed by atoms with Crippen molar-refractivity contribution in [3.05, 3.63) is 0 Å². The second-order valence-corrected chi connectivity index (χ2v) is 4.12.